The molecule has 0 saturated carbocycles. The molecule has 1 aliphatic rings. The van der Waals surface area contributed by atoms with Crippen molar-refractivity contribution in [1.29, 1.82) is 0 Å². The van der Waals surface area contributed by atoms with Crippen molar-refractivity contribution >= 4 is 6.08 Å². The van der Waals surface area contributed by atoms with Gasteiger partial charge in [-0.05, 0) is 17.5 Å². The molecule has 0 atom stereocenters. The van der Waals surface area contributed by atoms with E-state index < -0.39 is 0 Å². The molecular weight excluding hydrogens is 220 g/mol. The summed E-state index contributed by atoms with van der Waals surface area (Å²) >= 11 is 0. The standard InChI is InChI=1S/C16H24N2/c1-2-4-15-6-8-16(9-7-15)5-3-12-18-13-10-17-11-14-18/h3,5-9,17H,2,4,10-14H2,1H3/b5-3+. The van der Waals surface area contributed by atoms with Gasteiger partial charge in [-0.3, -0.25) is 4.90 Å². The molecular formula is C16H24N2. The maximum atomic E-state index is 3.38. The van der Waals surface area contributed by atoms with E-state index in [1.54, 1.807) is 0 Å². The van der Waals surface area contributed by atoms with Gasteiger partial charge in [-0.1, -0.05) is 49.8 Å². The summed E-state index contributed by atoms with van der Waals surface area (Å²) in [5.41, 5.74) is 2.75. The molecule has 1 saturated heterocycles. The second-order valence-electron chi connectivity index (χ2n) is 4.94. The van der Waals surface area contributed by atoms with Crippen molar-refractivity contribution in [1.82, 2.24) is 10.2 Å². The van der Waals surface area contributed by atoms with Gasteiger partial charge in [0.05, 0.1) is 0 Å². The Hall–Kier alpha value is -1.12. The van der Waals surface area contributed by atoms with Crippen LogP contribution in [0.2, 0.25) is 0 Å². The van der Waals surface area contributed by atoms with Crippen LogP contribution < -0.4 is 5.32 Å². The average molecular weight is 244 g/mol. The number of hydrogen-bond acceptors (Lipinski definition) is 2. The van der Waals surface area contributed by atoms with Gasteiger partial charge in [0.1, 0.15) is 0 Å². The van der Waals surface area contributed by atoms with Crippen LogP contribution in [0.4, 0.5) is 0 Å². The summed E-state index contributed by atoms with van der Waals surface area (Å²) in [5, 5.41) is 3.38. The molecule has 1 N–H and O–H groups in total. The van der Waals surface area contributed by atoms with E-state index in [9.17, 15) is 0 Å². The van der Waals surface area contributed by atoms with Crippen molar-refractivity contribution in [3.8, 4) is 0 Å². The van der Waals surface area contributed by atoms with Crippen molar-refractivity contribution in [2.45, 2.75) is 19.8 Å². The minimum absolute atomic E-state index is 1.07. The lowest BCUT2D eigenvalue weighted by atomic mass is 10.1. The first-order chi connectivity index (χ1) is 8.88. The summed E-state index contributed by atoms with van der Waals surface area (Å²) < 4.78 is 0. The molecule has 2 heteroatoms. The highest BCUT2D eigenvalue weighted by Crippen LogP contribution is 2.08. The highest BCUT2D eigenvalue weighted by Gasteiger charge is 2.06. The van der Waals surface area contributed by atoms with Gasteiger partial charge in [-0.15, -0.1) is 0 Å². The van der Waals surface area contributed by atoms with Crippen molar-refractivity contribution in [2.75, 3.05) is 32.7 Å². The Balaban J connectivity index is 1.80. The SMILES string of the molecule is CCCc1ccc(/C=C/CN2CCNCC2)cc1. The number of hydrogen-bond donors (Lipinski definition) is 1. The summed E-state index contributed by atoms with van der Waals surface area (Å²) in [5.74, 6) is 0. The molecule has 0 unspecified atom stereocenters. The molecule has 1 fully saturated rings. The predicted molar refractivity (Wildman–Crippen MR) is 78.8 cm³/mol. The van der Waals surface area contributed by atoms with Crippen LogP contribution in [-0.4, -0.2) is 37.6 Å². The molecule has 1 aromatic rings. The quantitative estimate of drug-likeness (QED) is 0.856. The first-order valence-electron chi connectivity index (χ1n) is 7.07. The Bertz CT molecular complexity index is 361. The van der Waals surface area contributed by atoms with E-state index in [-0.39, 0.29) is 0 Å². The molecule has 0 aliphatic carbocycles. The number of rotatable bonds is 5. The molecule has 0 aromatic heterocycles. The highest BCUT2D eigenvalue weighted by atomic mass is 15.2. The van der Waals surface area contributed by atoms with Crippen molar-refractivity contribution in [3.05, 3.63) is 41.5 Å². The Morgan fingerprint density at radius 2 is 1.89 bits per heavy atom. The summed E-state index contributed by atoms with van der Waals surface area (Å²) in [6.45, 7) is 7.87. The van der Waals surface area contributed by atoms with E-state index >= 15 is 0 Å². The molecule has 98 valence electrons. The summed E-state index contributed by atoms with van der Waals surface area (Å²) in [7, 11) is 0. The second-order valence-corrected chi connectivity index (χ2v) is 4.94. The van der Waals surface area contributed by atoms with Gasteiger partial charge in [0, 0.05) is 32.7 Å². The van der Waals surface area contributed by atoms with Crippen LogP contribution in [0.5, 0.6) is 0 Å². The second kappa shape index (κ2) is 7.34. The minimum Gasteiger partial charge on any atom is -0.314 e. The molecule has 1 aliphatic heterocycles. The molecule has 2 rings (SSSR count). The number of benzene rings is 1. The van der Waals surface area contributed by atoms with Gasteiger partial charge in [0.15, 0.2) is 0 Å². The zero-order valence-corrected chi connectivity index (χ0v) is 11.4. The van der Waals surface area contributed by atoms with E-state index in [4.69, 9.17) is 0 Å². The topological polar surface area (TPSA) is 15.3 Å². The molecule has 2 nitrogen and oxygen atoms in total. The van der Waals surface area contributed by atoms with Gasteiger partial charge < -0.3 is 5.32 Å². The molecule has 0 radical (unpaired) electrons. The summed E-state index contributed by atoms with van der Waals surface area (Å²) in [6, 6.07) is 8.93. The Labute approximate surface area is 111 Å². The third-order valence-electron chi connectivity index (χ3n) is 3.40. The van der Waals surface area contributed by atoms with Crippen LogP contribution in [-0.2, 0) is 6.42 Å². The van der Waals surface area contributed by atoms with E-state index in [2.05, 4.69) is 53.6 Å². The first kappa shape index (κ1) is 13.3. The smallest absolute Gasteiger partial charge is 0.0167 e. The van der Waals surface area contributed by atoms with Crippen LogP contribution in [0.25, 0.3) is 6.08 Å². The predicted octanol–water partition coefficient (Wildman–Crippen LogP) is 2.56. The van der Waals surface area contributed by atoms with E-state index in [0.29, 0.717) is 0 Å². The fourth-order valence-electron chi connectivity index (χ4n) is 2.32. The van der Waals surface area contributed by atoms with Crippen LogP contribution in [0.1, 0.15) is 24.5 Å². The fourth-order valence-corrected chi connectivity index (χ4v) is 2.32. The van der Waals surface area contributed by atoms with Crippen LogP contribution in [0.15, 0.2) is 30.3 Å². The van der Waals surface area contributed by atoms with Crippen LogP contribution in [0, 0.1) is 0 Å². The lowest BCUT2D eigenvalue weighted by molar-refractivity contribution is 0.265. The highest BCUT2D eigenvalue weighted by molar-refractivity contribution is 5.49. The van der Waals surface area contributed by atoms with Crippen LogP contribution in [0.3, 0.4) is 0 Å². The summed E-state index contributed by atoms with van der Waals surface area (Å²) in [6.07, 6.45) is 6.92. The van der Waals surface area contributed by atoms with Crippen molar-refractivity contribution in [2.24, 2.45) is 0 Å². The zero-order chi connectivity index (χ0) is 12.6. The van der Waals surface area contributed by atoms with Gasteiger partial charge >= 0.3 is 0 Å². The van der Waals surface area contributed by atoms with Crippen LogP contribution >= 0.6 is 0 Å². The number of piperazine rings is 1. The monoisotopic (exact) mass is 244 g/mol. The lowest BCUT2D eigenvalue weighted by Crippen LogP contribution is -2.43. The Kier molecular flexibility index (Phi) is 5.43. The normalized spacial score (nSPS) is 17.4. The number of nitrogens with zero attached hydrogens (tertiary/aromatic N) is 1. The molecule has 0 spiro atoms. The van der Waals surface area contributed by atoms with E-state index in [1.807, 2.05) is 0 Å². The minimum atomic E-state index is 1.07. The first-order valence-corrected chi connectivity index (χ1v) is 7.07. The molecule has 18 heavy (non-hydrogen) atoms. The third kappa shape index (κ3) is 4.28. The van der Waals surface area contributed by atoms with Crippen molar-refractivity contribution < 1.29 is 0 Å². The lowest BCUT2D eigenvalue weighted by Gasteiger charge is -2.25. The maximum Gasteiger partial charge on any atom is 0.0167 e. The average Bonchev–Trinajstić information content (AvgIpc) is 2.42. The molecule has 1 heterocycles. The van der Waals surface area contributed by atoms with Crippen molar-refractivity contribution in [3.63, 3.8) is 0 Å². The van der Waals surface area contributed by atoms with Gasteiger partial charge in [-0.2, -0.15) is 0 Å². The maximum absolute atomic E-state index is 3.38. The van der Waals surface area contributed by atoms with Gasteiger partial charge in [0.2, 0.25) is 0 Å². The van der Waals surface area contributed by atoms with Gasteiger partial charge in [0.25, 0.3) is 0 Å². The third-order valence-corrected chi connectivity index (χ3v) is 3.40. The fraction of sp³-hybridized carbons (Fsp3) is 0.500. The van der Waals surface area contributed by atoms with E-state index in [0.717, 1.165) is 19.6 Å². The Morgan fingerprint density at radius 1 is 1.17 bits per heavy atom. The molecule has 1 aromatic carbocycles. The molecule has 0 bridgehead atoms. The molecule has 0 amide bonds. The Morgan fingerprint density at radius 3 is 2.56 bits per heavy atom. The number of aryl methyl sites for hydroxylation is 1. The summed E-state index contributed by atoms with van der Waals surface area (Å²) in [4.78, 5) is 2.48. The number of nitrogens with one attached hydrogen (secondary N) is 1. The zero-order valence-electron chi connectivity index (χ0n) is 11.4. The van der Waals surface area contributed by atoms with E-state index in [1.165, 1.54) is 37.1 Å². The largest absolute Gasteiger partial charge is 0.314 e. The van der Waals surface area contributed by atoms with Gasteiger partial charge in [-0.25, -0.2) is 0 Å².